The molecule has 35 heavy (non-hydrogen) atoms. The summed E-state index contributed by atoms with van der Waals surface area (Å²) in [6.07, 6.45) is 1.62. The van der Waals surface area contributed by atoms with Gasteiger partial charge in [0.2, 0.25) is 0 Å². The largest absolute Gasteiger partial charge is 0.442 e. The van der Waals surface area contributed by atoms with Gasteiger partial charge >= 0.3 is 6.09 Å². The summed E-state index contributed by atoms with van der Waals surface area (Å²) in [4.78, 5) is 31.1. The number of ether oxygens (including phenoxy) is 1. The highest BCUT2D eigenvalue weighted by atomic mass is 35.5. The van der Waals surface area contributed by atoms with Crippen LogP contribution in [-0.4, -0.2) is 75.7 Å². The van der Waals surface area contributed by atoms with Crippen LogP contribution in [0.2, 0.25) is 5.02 Å². The number of amides is 2. The van der Waals surface area contributed by atoms with E-state index in [9.17, 15) is 18.0 Å². The number of aromatic amines is 1. The number of hydrogen-bond acceptors (Lipinski definition) is 5. The number of nitrogens with one attached hydrogen (secondary N) is 2. The molecule has 0 radical (unpaired) electrons. The van der Waals surface area contributed by atoms with Gasteiger partial charge in [0.1, 0.15) is 11.9 Å². The Labute approximate surface area is 207 Å². The van der Waals surface area contributed by atoms with Crippen molar-refractivity contribution in [2.24, 2.45) is 4.40 Å². The Morgan fingerprint density at radius 2 is 1.91 bits per heavy atom. The Morgan fingerprint density at radius 1 is 1.23 bits per heavy atom. The summed E-state index contributed by atoms with van der Waals surface area (Å²) in [5, 5.41) is 4.07. The molecule has 1 fully saturated rings. The van der Waals surface area contributed by atoms with Crippen molar-refractivity contribution >= 4 is 56.1 Å². The van der Waals surface area contributed by atoms with Crippen LogP contribution in [0, 0.1) is 0 Å². The summed E-state index contributed by atoms with van der Waals surface area (Å²) in [5.74, 6) is -0.0212. The third kappa shape index (κ3) is 5.57. The minimum absolute atomic E-state index is 0.143. The number of cyclic esters (lactones) is 1. The zero-order valence-electron chi connectivity index (χ0n) is 19.3. The van der Waals surface area contributed by atoms with Crippen LogP contribution >= 0.6 is 11.6 Å². The van der Waals surface area contributed by atoms with Crippen molar-refractivity contribution in [2.75, 3.05) is 38.3 Å². The van der Waals surface area contributed by atoms with E-state index in [0.29, 0.717) is 21.8 Å². The molecule has 1 atom stereocenters. The van der Waals surface area contributed by atoms with Crippen molar-refractivity contribution < 1.29 is 22.7 Å². The first kappa shape index (κ1) is 24.6. The van der Waals surface area contributed by atoms with E-state index in [1.165, 1.54) is 4.90 Å². The predicted octanol–water partition coefficient (Wildman–Crippen LogP) is 2.84. The van der Waals surface area contributed by atoms with Gasteiger partial charge < -0.3 is 19.9 Å². The molecule has 0 saturated carbocycles. The first-order valence-electron chi connectivity index (χ1n) is 10.6. The number of carbonyl (C=O) groups is 2. The maximum absolute atomic E-state index is 12.6. The minimum Gasteiger partial charge on any atom is -0.442 e. The number of fused-ring (bicyclic) bond motifs is 1. The van der Waals surface area contributed by atoms with Gasteiger partial charge in [-0.05, 0) is 42.5 Å². The highest BCUT2D eigenvalue weighted by Crippen LogP contribution is 2.25. The molecular formula is C23H24ClN5O5S. The number of nitrogens with zero attached hydrogens (tertiary/aromatic N) is 3. The van der Waals surface area contributed by atoms with Crippen LogP contribution in [0.15, 0.2) is 53.1 Å². The number of rotatable bonds is 6. The summed E-state index contributed by atoms with van der Waals surface area (Å²) < 4.78 is 32.4. The fourth-order valence-corrected chi connectivity index (χ4v) is 4.51. The zero-order chi connectivity index (χ0) is 25.3. The lowest BCUT2D eigenvalue weighted by molar-refractivity contribution is 0.0916. The third-order valence-electron chi connectivity index (χ3n) is 5.37. The standard InChI is InChI=1S/C23H24ClN5O5S/c1-28(2)21(27-35(3,32)33)14-4-7-16(8-5-14)29-13-17(34-23(29)31)11-26-22(30)15-6-9-20-18(10-15)19(24)12-25-20/h4-10,12,17,25H,11,13H2,1-3H3,(H,26,30)/b27-21+. The van der Waals surface area contributed by atoms with E-state index in [4.69, 9.17) is 16.3 Å². The molecule has 184 valence electrons. The van der Waals surface area contributed by atoms with Gasteiger partial charge in [-0.25, -0.2) is 13.2 Å². The van der Waals surface area contributed by atoms with Gasteiger partial charge in [0.25, 0.3) is 15.9 Å². The molecule has 1 aromatic heterocycles. The van der Waals surface area contributed by atoms with E-state index >= 15 is 0 Å². The van der Waals surface area contributed by atoms with Gasteiger partial charge in [0.05, 0.1) is 24.4 Å². The molecule has 10 nitrogen and oxygen atoms in total. The number of carbonyl (C=O) groups excluding carboxylic acids is 2. The minimum atomic E-state index is -3.58. The Kier molecular flexibility index (Phi) is 6.73. The fourth-order valence-electron chi connectivity index (χ4n) is 3.72. The maximum Gasteiger partial charge on any atom is 0.414 e. The van der Waals surface area contributed by atoms with Gasteiger partial charge in [-0.3, -0.25) is 9.69 Å². The summed E-state index contributed by atoms with van der Waals surface area (Å²) in [6.45, 7) is 0.392. The van der Waals surface area contributed by atoms with E-state index in [2.05, 4.69) is 14.7 Å². The first-order chi connectivity index (χ1) is 16.5. The topological polar surface area (TPSA) is 124 Å². The van der Waals surface area contributed by atoms with Crippen LogP contribution < -0.4 is 10.2 Å². The summed E-state index contributed by atoms with van der Waals surface area (Å²) >= 11 is 6.13. The van der Waals surface area contributed by atoms with Crippen LogP contribution in [-0.2, 0) is 14.8 Å². The average molecular weight is 518 g/mol. The molecule has 12 heteroatoms. The zero-order valence-corrected chi connectivity index (χ0v) is 20.9. The highest BCUT2D eigenvalue weighted by molar-refractivity contribution is 7.89. The number of H-pyrrole nitrogens is 1. The van der Waals surface area contributed by atoms with Crippen LogP contribution in [0.3, 0.4) is 0 Å². The number of amidine groups is 1. The van der Waals surface area contributed by atoms with Crippen molar-refractivity contribution in [1.29, 1.82) is 0 Å². The quantitative estimate of drug-likeness (QED) is 0.383. The van der Waals surface area contributed by atoms with Gasteiger partial charge in [-0.1, -0.05) is 11.6 Å². The second kappa shape index (κ2) is 9.59. The number of halogens is 1. The van der Waals surface area contributed by atoms with E-state index in [1.54, 1.807) is 67.7 Å². The smallest absolute Gasteiger partial charge is 0.414 e. The SMILES string of the molecule is CN(C)/C(=N/S(C)(=O)=O)c1ccc(N2CC(CNC(=O)c3ccc4[nH]cc(Cl)c4c3)OC2=O)cc1. The van der Waals surface area contributed by atoms with E-state index in [0.717, 1.165) is 17.2 Å². The summed E-state index contributed by atoms with van der Waals surface area (Å²) in [6, 6.07) is 11.9. The lowest BCUT2D eigenvalue weighted by atomic mass is 10.1. The molecule has 0 bridgehead atoms. The van der Waals surface area contributed by atoms with E-state index < -0.39 is 22.2 Å². The Bertz CT molecular complexity index is 1420. The van der Waals surface area contributed by atoms with E-state index in [1.807, 2.05) is 0 Å². The molecule has 1 saturated heterocycles. The second-order valence-electron chi connectivity index (χ2n) is 8.31. The van der Waals surface area contributed by atoms with Gasteiger partial charge in [0, 0.05) is 48.0 Å². The van der Waals surface area contributed by atoms with Crippen molar-refractivity contribution in [1.82, 2.24) is 15.2 Å². The first-order valence-corrected chi connectivity index (χ1v) is 12.8. The van der Waals surface area contributed by atoms with Crippen molar-refractivity contribution in [3.63, 3.8) is 0 Å². The van der Waals surface area contributed by atoms with Gasteiger partial charge in [-0.15, -0.1) is 4.40 Å². The predicted molar refractivity (Wildman–Crippen MR) is 135 cm³/mol. The van der Waals surface area contributed by atoms with Crippen molar-refractivity contribution in [3.8, 4) is 0 Å². The molecule has 4 rings (SSSR count). The monoisotopic (exact) mass is 517 g/mol. The van der Waals surface area contributed by atoms with Crippen LogP contribution in [0.4, 0.5) is 10.5 Å². The maximum atomic E-state index is 12.6. The van der Waals surface area contributed by atoms with Gasteiger partial charge in [-0.2, -0.15) is 0 Å². The van der Waals surface area contributed by atoms with Crippen molar-refractivity contribution in [3.05, 3.63) is 64.8 Å². The number of hydrogen-bond donors (Lipinski definition) is 2. The molecule has 0 aliphatic carbocycles. The number of sulfonamides is 1. The Hall–Kier alpha value is -3.57. The van der Waals surface area contributed by atoms with Crippen LogP contribution in [0.1, 0.15) is 15.9 Å². The summed E-state index contributed by atoms with van der Waals surface area (Å²) in [7, 11) is -0.195. The lowest BCUT2D eigenvalue weighted by Crippen LogP contribution is -2.34. The number of anilines is 1. The number of aromatic nitrogens is 1. The Balaban J connectivity index is 1.40. The van der Waals surface area contributed by atoms with Crippen molar-refractivity contribution in [2.45, 2.75) is 6.10 Å². The molecule has 1 aliphatic heterocycles. The fraction of sp³-hybridized carbons (Fsp3) is 0.261. The van der Waals surface area contributed by atoms with Crippen LogP contribution in [0.5, 0.6) is 0 Å². The number of benzene rings is 2. The second-order valence-corrected chi connectivity index (χ2v) is 10.4. The third-order valence-corrected chi connectivity index (χ3v) is 6.19. The molecule has 2 amide bonds. The summed E-state index contributed by atoms with van der Waals surface area (Å²) in [5.41, 5.74) is 2.44. The molecule has 3 aromatic rings. The molecule has 2 aromatic carbocycles. The van der Waals surface area contributed by atoms with Gasteiger partial charge in [0.15, 0.2) is 0 Å². The van der Waals surface area contributed by atoms with Crippen LogP contribution in [0.25, 0.3) is 10.9 Å². The van der Waals surface area contributed by atoms with E-state index in [-0.39, 0.29) is 24.8 Å². The molecule has 1 unspecified atom stereocenters. The molecule has 0 spiro atoms. The normalized spacial score (nSPS) is 16.5. The lowest BCUT2D eigenvalue weighted by Gasteiger charge is -2.17. The molecular weight excluding hydrogens is 494 g/mol. The Morgan fingerprint density at radius 3 is 2.57 bits per heavy atom. The highest BCUT2D eigenvalue weighted by Gasteiger charge is 2.32. The average Bonchev–Trinajstić information content (AvgIpc) is 3.37. The molecule has 2 N–H and O–H groups in total. The molecule has 2 heterocycles. The molecule has 1 aliphatic rings.